The SMILES string of the molecule is CCOc1ccccc1NC(=O)NCCCn1ccc2cccnc21. The monoisotopic (exact) mass is 338 g/mol. The highest BCUT2D eigenvalue weighted by Gasteiger charge is 2.07. The first-order valence-electron chi connectivity index (χ1n) is 8.44. The molecule has 0 bridgehead atoms. The highest BCUT2D eigenvalue weighted by Crippen LogP contribution is 2.23. The fourth-order valence-electron chi connectivity index (χ4n) is 2.67. The fraction of sp³-hybridized carbons (Fsp3) is 0.263. The first-order valence-corrected chi connectivity index (χ1v) is 8.44. The second kappa shape index (κ2) is 8.19. The number of hydrogen-bond acceptors (Lipinski definition) is 3. The fourth-order valence-corrected chi connectivity index (χ4v) is 2.67. The van der Waals surface area contributed by atoms with Gasteiger partial charge < -0.3 is 19.9 Å². The van der Waals surface area contributed by atoms with Gasteiger partial charge in [-0.2, -0.15) is 0 Å². The minimum atomic E-state index is -0.234. The molecular formula is C19H22N4O2. The molecule has 0 unspecified atom stereocenters. The number of carbonyl (C=O) groups excluding carboxylic acids is 1. The van der Waals surface area contributed by atoms with Gasteiger partial charge in [0.1, 0.15) is 11.4 Å². The minimum absolute atomic E-state index is 0.234. The van der Waals surface area contributed by atoms with E-state index in [2.05, 4.69) is 20.2 Å². The number of amides is 2. The molecule has 1 aromatic carbocycles. The van der Waals surface area contributed by atoms with Crippen molar-refractivity contribution in [3.8, 4) is 5.75 Å². The number of rotatable bonds is 7. The normalized spacial score (nSPS) is 10.6. The number of urea groups is 1. The van der Waals surface area contributed by atoms with Crippen molar-refractivity contribution in [2.75, 3.05) is 18.5 Å². The number of hydrogen-bond donors (Lipinski definition) is 2. The molecule has 0 radical (unpaired) electrons. The number of carbonyl (C=O) groups is 1. The van der Waals surface area contributed by atoms with Crippen molar-refractivity contribution < 1.29 is 9.53 Å². The van der Waals surface area contributed by atoms with Crippen molar-refractivity contribution in [2.24, 2.45) is 0 Å². The van der Waals surface area contributed by atoms with E-state index in [0.29, 0.717) is 24.6 Å². The Balaban J connectivity index is 1.47. The van der Waals surface area contributed by atoms with Crippen LogP contribution in [0.2, 0.25) is 0 Å². The average Bonchev–Trinajstić information content (AvgIpc) is 3.04. The molecule has 2 amide bonds. The maximum absolute atomic E-state index is 12.0. The second-order valence-electron chi connectivity index (χ2n) is 5.59. The lowest BCUT2D eigenvalue weighted by Crippen LogP contribution is -2.30. The van der Waals surface area contributed by atoms with Crippen LogP contribution in [0.15, 0.2) is 54.9 Å². The van der Waals surface area contributed by atoms with Crippen LogP contribution < -0.4 is 15.4 Å². The van der Waals surface area contributed by atoms with Crippen molar-refractivity contribution >= 4 is 22.8 Å². The van der Waals surface area contributed by atoms with E-state index in [-0.39, 0.29) is 6.03 Å². The molecule has 3 rings (SSSR count). The number of benzene rings is 1. The number of para-hydroxylation sites is 2. The summed E-state index contributed by atoms with van der Waals surface area (Å²) in [5.41, 5.74) is 1.64. The summed E-state index contributed by atoms with van der Waals surface area (Å²) in [6.45, 7) is 3.85. The van der Waals surface area contributed by atoms with E-state index in [9.17, 15) is 4.79 Å². The molecule has 25 heavy (non-hydrogen) atoms. The second-order valence-corrected chi connectivity index (χ2v) is 5.59. The molecule has 0 saturated heterocycles. The molecule has 0 atom stereocenters. The van der Waals surface area contributed by atoms with Crippen LogP contribution in [0, 0.1) is 0 Å². The van der Waals surface area contributed by atoms with Gasteiger partial charge in [-0.15, -0.1) is 0 Å². The van der Waals surface area contributed by atoms with Gasteiger partial charge in [0, 0.05) is 30.9 Å². The number of fused-ring (bicyclic) bond motifs is 1. The Hall–Kier alpha value is -3.02. The van der Waals surface area contributed by atoms with Crippen LogP contribution in [0.4, 0.5) is 10.5 Å². The van der Waals surface area contributed by atoms with E-state index in [1.54, 1.807) is 6.20 Å². The molecule has 0 fully saturated rings. The first kappa shape index (κ1) is 16.8. The summed E-state index contributed by atoms with van der Waals surface area (Å²) in [6, 6.07) is 13.2. The predicted molar refractivity (Wildman–Crippen MR) is 99.0 cm³/mol. The summed E-state index contributed by atoms with van der Waals surface area (Å²) >= 11 is 0. The van der Waals surface area contributed by atoms with Crippen LogP contribution in [0.5, 0.6) is 5.75 Å². The van der Waals surface area contributed by atoms with E-state index in [1.807, 2.05) is 55.6 Å². The number of nitrogens with one attached hydrogen (secondary N) is 2. The molecule has 2 aromatic heterocycles. The van der Waals surface area contributed by atoms with E-state index < -0.39 is 0 Å². The summed E-state index contributed by atoms with van der Waals surface area (Å²) in [6.07, 6.45) is 4.64. The number of aromatic nitrogens is 2. The quantitative estimate of drug-likeness (QED) is 0.646. The van der Waals surface area contributed by atoms with Crippen molar-refractivity contribution in [3.63, 3.8) is 0 Å². The molecule has 0 spiro atoms. The third-order valence-corrected chi connectivity index (χ3v) is 3.82. The van der Waals surface area contributed by atoms with Gasteiger partial charge in [-0.05, 0) is 43.7 Å². The Kier molecular flexibility index (Phi) is 5.51. The lowest BCUT2D eigenvalue weighted by molar-refractivity contribution is 0.251. The summed E-state index contributed by atoms with van der Waals surface area (Å²) in [4.78, 5) is 16.4. The molecule has 2 N–H and O–H groups in total. The highest BCUT2D eigenvalue weighted by atomic mass is 16.5. The molecule has 6 heteroatoms. The Morgan fingerprint density at radius 3 is 2.96 bits per heavy atom. The Bertz CT molecular complexity index is 844. The van der Waals surface area contributed by atoms with Crippen molar-refractivity contribution in [1.29, 1.82) is 0 Å². The standard InChI is InChI=1S/C19H22N4O2/c1-2-25-17-9-4-3-8-16(17)22-19(24)21-12-6-13-23-14-10-15-7-5-11-20-18(15)23/h3-5,7-11,14H,2,6,12-13H2,1H3,(H2,21,22,24). The summed E-state index contributed by atoms with van der Waals surface area (Å²) in [5.74, 6) is 0.671. The molecular weight excluding hydrogens is 316 g/mol. The van der Waals surface area contributed by atoms with Gasteiger partial charge in [0.25, 0.3) is 0 Å². The van der Waals surface area contributed by atoms with Gasteiger partial charge in [0.05, 0.1) is 12.3 Å². The van der Waals surface area contributed by atoms with E-state index in [4.69, 9.17) is 4.74 Å². The van der Waals surface area contributed by atoms with Gasteiger partial charge >= 0.3 is 6.03 Å². The Morgan fingerprint density at radius 1 is 1.20 bits per heavy atom. The van der Waals surface area contributed by atoms with Gasteiger partial charge in [-0.1, -0.05) is 12.1 Å². The zero-order chi connectivity index (χ0) is 17.5. The molecule has 0 aliphatic carbocycles. The maximum Gasteiger partial charge on any atom is 0.319 e. The predicted octanol–water partition coefficient (Wildman–Crippen LogP) is 3.65. The number of pyridine rings is 1. The van der Waals surface area contributed by atoms with Gasteiger partial charge in [0.15, 0.2) is 0 Å². The molecule has 6 nitrogen and oxygen atoms in total. The van der Waals surface area contributed by atoms with Crippen molar-refractivity contribution in [1.82, 2.24) is 14.9 Å². The van der Waals surface area contributed by atoms with Crippen LogP contribution in [-0.4, -0.2) is 28.7 Å². The van der Waals surface area contributed by atoms with Crippen LogP contribution in [-0.2, 0) is 6.54 Å². The molecule has 0 aliphatic heterocycles. The lowest BCUT2D eigenvalue weighted by atomic mass is 10.3. The smallest absolute Gasteiger partial charge is 0.319 e. The summed E-state index contributed by atoms with van der Waals surface area (Å²) in [5, 5.41) is 6.82. The Morgan fingerprint density at radius 2 is 2.08 bits per heavy atom. The lowest BCUT2D eigenvalue weighted by Gasteiger charge is -2.12. The number of ether oxygens (including phenoxy) is 1. The molecule has 3 aromatic rings. The number of nitrogens with zero attached hydrogens (tertiary/aromatic N) is 2. The number of anilines is 1. The number of aryl methyl sites for hydroxylation is 1. The largest absolute Gasteiger partial charge is 0.492 e. The third-order valence-electron chi connectivity index (χ3n) is 3.82. The van der Waals surface area contributed by atoms with Crippen molar-refractivity contribution in [3.05, 3.63) is 54.9 Å². The van der Waals surface area contributed by atoms with Gasteiger partial charge in [0.2, 0.25) is 0 Å². The van der Waals surface area contributed by atoms with Crippen LogP contribution in [0.3, 0.4) is 0 Å². The molecule has 0 aliphatic rings. The zero-order valence-corrected chi connectivity index (χ0v) is 14.2. The zero-order valence-electron chi connectivity index (χ0n) is 14.2. The first-order chi connectivity index (χ1) is 12.3. The Labute approximate surface area is 146 Å². The summed E-state index contributed by atoms with van der Waals surface area (Å²) < 4.78 is 7.60. The van der Waals surface area contributed by atoms with Crippen LogP contribution in [0.25, 0.3) is 11.0 Å². The average molecular weight is 338 g/mol. The molecule has 0 saturated carbocycles. The highest BCUT2D eigenvalue weighted by molar-refractivity contribution is 5.90. The maximum atomic E-state index is 12.0. The van der Waals surface area contributed by atoms with Crippen molar-refractivity contribution in [2.45, 2.75) is 19.9 Å². The molecule has 130 valence electrons. The minimum Gasteiger partial charge on any atom is -0.492 e. The van der Waals surface area contributed by atoms with E-state index in [1.165, 1.54) is 0 Å². The van der Waals surface area contributed by atoms with Gasteiger partial charge in [-0.3, -0.25) is 0 Å². The topological polar surface area (TPSA) is 68.2 Å². The van der Waals surface area contributed by atoms with Crippen LogP contribution >= 0.6 is 0 Å². The van der Waals surface area contributed by atoms with E-state index in [0.717, 1.165) is 24.0 Å². The van der Waals surface area contributed by atoms with Gasteiger partial charge in [-0.25, -0.2) is 9.78 Å². The van der Waals surface area contributed by atoms with E-state index >= 15 is 0 Å². The van der Waals surface area contributed by atoms with Crippen LogP contribution in [0.1, 0.15) is 13.3 Å². The summed E-state index contributed by atoms with van der Waals surface area (Å²) in [7, 11) is 0. The molecule has 2 heterocycles. The third kappa shape index (κ3) is 4.29.